The quantitative estimate of drug-likeness (QED) is 0.556. The van der Waals surface area contributed by atoms with Crippen LogP contribution in [0.3, 0.4) is 0 Å². The van der Waals surface area contributed by atoms with Crippen molar-refractivity contribution in [2.75, 3.05) is 0 Å². The minimum absolute atomic E-state index is 0. The van der Waals surface area contributed by atoms with Crippen molar-refractivity contribution in [1.82, 2.24) is 0 Å². The molecule has 0 amide bonds. The van der Waals surface area contributed by atoms with E-state index in [2.05, 4.69) is 19.9 Å². The van der Waals surface area contributed by atoms with E-state index in [1.54, 1.807) is 6.07 Å². The molecule has 0 saturated heterocycles. The van der Waals surface area contributed by atoms with Crippen molar-refractivity contribution in [2.45, 2.75) is 57.3 Å². The van der Waals surface area contributed by atoms with Crippen molar-refractivity contribution in [2.24, 2.45) is 0 Å². The maximum absolute atomic E-state index is 11.5. The smallest absolute Gasteiger partial charge is 0.744 e. The molecule has 0 saturated carbocycles. The van der Waals surface area contributed by atoms with Gasteiger partial charge in [0.1, 0.15) is 10.1 Å². The predicted octanol–water partition coefficient (Wildman–Crippen LogP) is 1.43. The molecule has 2 aromatic carbocycles. The van der Waals surface area contributed by atoms with Crippen LogP contribution < -0.4 is 51.4 Å². The third-order valence-corrected chi connectivity index (χ3v) is 4.92. The molecule has 0 aliphatic heterocycles. The number of fused-ring (bicyclic) bond motifs is 1. The fraction of sp³-hybridized carbons (Fsp3) is 0.444. The molecule has 0 radical (unpaired) electrons. The van der Waals surface area contributed by atoms with E-state index in [0.717, 1.165) is 43.9 Å². The molecule has 120 valence electrons. The van der Waals surface area contributed by atoms with Gasteiger partial charge in [0.25, 0.3) is 0 Å². The summed E-state index contributed by atoms with van der Waals surface area (Å²) >= 11 is 0. The Morgan fingerprint density at radius 2 is 1.52 bits per heavy atom. The van der Waals surface area contributed by atoms with Crippen LogP contribution in [0, 0.1) is 0 Å². The third kappa shape index (κ3) is 5.63. The van der Waals surface area contributed by atoms with Crippen molar-refractivity contribution in [3.05, 3.63) is 41.5 Å². The molecule has 0 unspecified atom stereocenters. The van der Waals surface area contributed by atoms with Gasteiger partial charge in [-0.05, 0) is 59.7 Å². The van der Waals surface area contributed by atoms with Crippen LogP contribution in [-0.2, 0) is 23.0 Å². The maximum Gasteiger partial charge on any atom is 1.00 e. The molecule has 0 bridgehead atoms. The van der Waals surface area contributed by atoms with E-state index in [1.165, 1.54) is 17.2 Å². The molecule has 0 atom stereocenters. The molecule has 2 rings (SSSR count). The molecule has 0 aliphatic rings. The summed E-state index contributed by atoms with van der Waals surface area (Å²) in [7, 11) is -4.45. The number of benzene rings is 2. The summed E-state index contributed by atoms with van der Waals surface area (Å²) in [5.74, 6) is 0. The second-order valence-electron chi connectivity index (χ2n) is 5.76. The second kappa shape index (κ2) is 9.66. The summed E-state index contributed by atoms with van der Waals surface area (Å²) in [5, 5.41) is 1.40. The van der Waals surface area contributed by atoms with Crippen LogP contribution in [0.4, 0.5) is 0 Å². The number of rotatable bonds is 7. The number of hydrogen-bond donors (Lipinski definition) is 0. The molecule has 0 aliphatic carbocycles. The molecular formula is C18H23KO3S. The van der Waals surface area contributed by atoms with Gasteiger partial charge < -0.3 is 4.55 Å². The van der Waals surface area contributed by atoms with Gasteiger partial charge >= 0.3 is 51.4 Å². The van der Waals surface area contributed by atoms with Crippen molar-refractivity contribution in [1.29, 1.82) is 0 Å². The van der Waals surface area contributed by atoms with Gasteiger partial charge in [-0.3, -0.25) is 0 Å². The average molecular weight is 359 g/mol. The van der Waals surface area contributed by atoms with Gasteiger partial charge in [-0.15, -0.1) is 0 Å². The van der Waals surface area contributed by atoms with Crippen molar-refractivity contribution >= 4 is 20.9 Å². The zero-order valence-corrected chi connectivity index (χ0v) is 18.2. The third-order valence-electron chi connectivity index (χ3n) is 4.03. The maximum atomic E-state index is 11.5. The van der Waals surface area contributed by atoms with E-state index < -0.39 is 10.1 Å². The molecule has 0 heterocycles. The van der Waals surface area contributed by atoms with Crippen LogP contribution in [-0.4, -0.2) is 13.0 Å². The van der Waals surface area contributed by atoms with Crippen LogP contribution in [0.15, 0.2) is 35.2 Å². The molecule has 0 aromatic heterocycles. The monoisotopic (exact) mass is 358 g/mol. The Balaban J connectivity index is 0.00000264. The fourth-order valence-electron chi connectivity index (χ4n) is 2.81. The van der Waals surface area contributed by atoms with Gasteiger partial charge in [0.15, 0.2) is 0 Å². The Kier molecular flexibility index (Phi) is 8.94. The Hall–Kier alpha value is 0.246. The first-order chi connectivity index (χ1) is 10.5. The van der Waals surface area contributed by atoms with Crippen molar-refractivity contribution in [3.63, 3.8) is 0 Å². The van der Waals surface area contributed by atoms with Crippen LogP contribution in [0.1, 0.15) is 50.7 Å². The van der Waals surface area contributed by atoms with Crippen molar-refractivity contribution < 1.29 is 64.4 Å². The summed E-state index contributed by atoms with van der Waals surface area (Å²) in [6.45, 7) is 4.30. The molecule has 0 spiro atoms. The van der Waals surface area contributed by atoms with E-state index >= 15 is 0 Å². The molecule has 5 heteroatoms. The minimum atomic E-state index is -4.45. The predicted molar refractivity (Wildman–Crippen MR) is 89.1 cm³/mol. The van der Waals surface area contributed by atoms with Gasteiger partial charge in [-0.1, -0.05) is 44.9 Å². The minimum Gasteiger partial charge on any atom is -0.744 e. The molecule has 3 nitrogen and oxygen atoms in total. The van der Waals surface area contributed by atoms with Crippen LogP contribution in [0.2, 0.25) is 0 Å². The fourth-order valence-corrected chi connectivity index (χ4v) is 3.50. The van der Waals surface area contributed by atoms with Crippen LogP contribution >= 0.6 is 0 Å². The van der Waals surface area contributed by atoms with E-state index in [0.29, 0.717) is 5.39 Å². The summed E-state index contributed by atoms with van der Waals surface area (Å²) in [6.07, 6.45) is 6.33. The Morgan fingerprint density at radius 1 is 0.957 bits per heavy atom. The molecule has 0 fully saturated rings. The number of unbranched alkanes of at least 4 members (excludes halogenated alkanes) is 2. The van der Waals surface area contributed by atoms with Gasteiger partial charge in [-0.2, -0.15) is 0 Å². The van der Waals surface area contributed by atoms with Gasteiger partial charge in [-0.25, -0.2) is 8.42 Å². The summed E-state index contributed by atoms with van der Waals surface area (Å²) < 4.78 is 34.4. The topological polar surface area (TPSA) is 57.2 Å². The SMILES string of the molecule is CCCCc1cc2cccc(S(=O)(=O)[O-])c2cc1CCCC.[K+]. The Bertz CT molecular complexity index is 754. The van der Waals surface area contributed by atoms with E-state index in [9.17, 15) is 13.0 Å². The summed E-state index contributed by atoms with van der Waals surface area (Å²) in [6, 6.07) is 8.90. The molecule has 2 aromatic rings. The standard InChI is InChI=1S/C18H24O3S.K/c1-3-5-8-14-12-16-10-7-11-18(22(19,20)21)17(16)13-15(14)9-6-4-2;/h7,10-13H,3-6,8-9H2,1-2H3,(H,19,20,21);/q;+1/p-1. The molecular weight excluding hydrogens is 335 g/mol. The van der Waals surface area contributed by atoms with E-state index in [-0.39, 0.29) is 56.3 Å². The Morgan fingerprint density at radius 3 is 2.04 bits per heavy atom. The first-order valence-corrected chi connectivity index (χ1v) is 9.38. The zero-order chi connectivity index (χ0) is 16.2. The first kappa shape index (κ1) is 21.3. The van der Waals surface area contributed by atoms with Crippen LogP contribution in [0.5, 0.6) is 0 Å². The molecule has 0 N–H and O–H groups in total. The summed E-state index contributed by atoms with van der Waals surface area (Å²) in [5.41, 5.74) is 2.46. The first-order valence-electron chi connectivity index (χ1n) is 7.97. The largest absolute Gasteiger partial charge is 1.00 e. The number of hydrogen-bond acceptors (Lipinski definition) is 3. The van der Waals surface area contributed by atoms with Crippen LogP contribution in [0.25, 0.3) is 10.8 Å². The Labute approximate surface area is 182 Å². The van der Waals surface area contributed by atoms with E-state index in [4.69, 9.17) is 0 Å². The van der Waals surface area contributed by atoms with Crippen molar-refractivity contribution in [3.8, 4) is 0 Å². The van der Waals surface area contributed by atoms with E-state index in [1.807, 2.05) is 12.1 Å². The van der Waals surface area contributed by atoms with Gasteiger partial charge in [0.2, 0.25) is 0 Å². The normalized spacial score (nSPS) is 11.4. The van der Waals surface area contributed by atoms with Gasteiger partial charge in [0.05, 0.1) is 4.90 Å². The number of aryl methyl sites for hydroxylation is 2. The zero-order valence-electron chi connectivity index (χ0n) is 14.3. The average Bonchev–Trinajstić information content (AvgIpc) is 2.48. The molecule has 23 heavy (non-hydrogen) atoms. The summed E-state index contributed by atoms with van der Waals surface area (Å²) in [4.78, 5) is -0.107. The second-order valence-corrected chi connectivity index (χ2v) is 7.11. The van der Waals surface area contributed by atoms with Gasteiger partial charge in [0, 0.05) is 0 Å².